The number of hydrogen-bond acceptors (Lipinski definition) is 3. The van der Waals surface area contributed by atoms with Crippen LogP contribution >= 0.6 is 0 Å². The summed E-state index contributed by atoms with van der Waals surface area (Å²) in [7, 11) is 0. The molecule has 3 rings (SSSR count). The molecule has 0 bridgehead atoms. The van der Waals surface area contributed by atoms with Gasteiger partial charge in [0.15, 0.2) is 11.5 Å². The quantitative estimate of drug-likeness (QED) is 0.849. The van der Waals surface area contributed by atoms with Crippen LogP contribution in [0, 0.1) is 0 Å². The summed E-state index contributed by atoms with van der Waals surface area (Å²) in [6, 6.07) is 6.21. The molecule has 1 aromatic carbocycles. The maximum Gasteiger partial charge on any atom is 0.164 e. The van der Waals surface area contributed by atoms with Gasteiger partial charge in [0, 0.05) is 12.0 Å². The third-order valence-corrected chi connectivity index (χ3v) is 3.70. The number of nitrogens with one attached hydrogen (secondary N) is 1. The SMILES string of the molecule is CC1(Oc2cccc3c2OCC3)CCNCC1. The fourth-order valence-corrected chi connectivity index (χ4v) is 2.59. The molecule has 0 amide bonds. The standard InChI is InChI=1S/C14H19NO2/c1-14(6-8-15-9-7-14)17-12-4-2-3-11-5-10-16-13(11)12/h2-4,15H,5-10H2,1H3. The van der Waals surface area contributed by atoms with E-state index in [2.05, 4.69) is 24.4 Å². The Balaban J connectivity index is 1.83. The van der Waals surface area contributed by atoms with Crippen molar-refractivity contribution in [3.8, 4) is 11.5 Å². The van der Waals surface area contributed by atoms with Crippen LogP contribution < -0.4 is 14.8 Å². The summed E-state index contributed by atoms with van der Waals surface area (Å²) >= 11 is 0. The summed E-state index contributed by atoms with van der Waals surface area (Å²) in [6.45, 7) is 5.05. The molecule has 3 nitrogen and oxygen atoms in total. The number of hydrogen-bond donors (Lipinski definition) is 1. The van der Waals surface area contributed by atoms with Crippen LogP contribution in [-0.4, -0.2) is 25.3 Å². The van der Waals surface area contributed by atoms with E-state index in [4.69, 9.17) is 9.47 Å². The summed E-state index contributed by atoms with van der Waals surface area (Å²) < 4.78 is 11.9. The Kier molecular flexibility index (Phi) is 2.71. The van der Waals surface area contributed by atoms with Crippen LogP contribution in [0.2, 0.25) is 0 Å². The van der Waals surface area contributed by atoms with Gasteiger partial charge in [-0.25, -0.2) is 0 Å². The van der Waals surface area contributed by atoms with Crippen molar-refractivity contribution >= 4 is 0 Å². The average Bonchev–Trinajstić information content (AvgIpc) is 2.79. The second kappa shape index (κ2) is 4.22. The fraction of sp³-hybridized carbons (Fsp3) is 0.571. The zero-order valence-electron chi connectivity index (χ0n) is 10.3. The minimum Gasteiger partial charge on any atom is -0.489 e. The number of benzene rings is 1. The molecule has 1 N–H and O–H groups in total. The number of para-hydroxylation sites is 1. The molecular weight excluding hydrogens is 214 g/mol. The van der Waals surface area contributed by atoms with Gasteiger partial charge >= 0.3 is 0 Å². The van der Waals surface area contributed by atoms with Gasteiger partial charge in [0.1, 0.15) is 5.60 Å². The molecule has 0 radical (unpaired) electrons. The zero-order chi connectivity index (χ0) is 11.7. The van der Waals surface area contributed by atoms with Gasteiger partial charge in [0.2, 0.25) is 0 Å². The molecule has 0 spiro atoms. The van der Waals surface area contributed by atoms with E-state index in [-0.39, 0.29) is 5.60 Å². The number of rotatable bonds is 2. The van der Waals surface area contributed by atoms with E-state index >= 15 is 0 Å². The van der Waals surface area contributed by atoms with Gasteiger partial charge in [-0.2, -0.15) is 0 Å². The van der Waals surface area contributed by atoms with Crippen molar-refractivity contribution in [3.05, 3.63) is 23.8 Å². The Labute approximate surface area is 102 Å². The van der Waals surface area contributed by atoms with E-state index in [9.17, 15) is 0 Å². The van der Waals surface area contributed by atoms with E-state index in [1.165, 1.54) is 5.56 Å². The van der Waals surface area contributed by atoms with Gasteiger partial charge in [-0.05, 0) is 38.9 Å². The number of ether oxygens (including phenoxy) is 2. The lowest BCUT2D eigenvalue weighted by Gasteiger charge is -2.35. The van der Waals surface area contributed by atoms with Crippen LogP contribution in [-0.2, 0) is 6.42 Å². The lowest BCUT2D eigenvalue weighted by Crippen LogP contribution is -2.43. The molecule has 3 heteroatoms. The molecule has 0 unspecified atom stereocenters. The molecule has 0 aliphatic carbocycles. The molecule has 1 fully saturated rings. The molecule has 2 aliphatic rings. The van der Waals surface area contributed by atoms with Crippen molar-refractivity contribution < 1.29 is 9.47 Å². The van der Waals surface area contributed by atoms with Crippen LogP contribution in [0.25, 0.3) is 0 Å². The third-order valence-electron chi connectivity index (χ3n) is 3.70. The van der Waals surface area contributed by atoms with Crippen molar-refractivity contribution in [3.63, 3.8) is 0 Å². The van der Waals surface area contributed by atoms with Crippen LogP contribution in [0.1, 0.15) is 25.3 Å². The smallest absolute Gasteiger partial charge is 0.164 e. The predicted octanol–water partition coefficient (Wildman–Crippen LogP) is 2.14. The molecule has 2 aliphatic heterocycles. The van der Waals surface area contributed by atoms with Crippen molar-refractivity contribution in [2.45, 2.75) is 31.8 Å². The Morgan fingerprint density at radius 3 is 2.94 bits per heavy atom. The van der Waals surface area contributed by atoms with Crippen LogP contribution in [0.4, 0.5) is 0 Å². The van der Waals surface area contributed by atoms with Crippen LogP contribution in [0.3, 0.4) is 0 Å². The van der Waals surface area contributed by atoms with Crippen molar-refractivity contribution in [2.24, 2.45) is 0 Å². The maximum atomic E-state index is 6.22. The summed E-state index contributed by atoms with van der Waals surface area (Å²) in [5.41, 5.74) is 1.23. The number of piperidine rings is 1. The van der Waals surface area contributed by atoms with E-state index < -0.39 is 0 Å². The molecule has 92 valence electrons. The topological polar surface area (TPSA) is 30.5 Å². The summed E-state index contributed by atoms with van der Waals surface area (Å²) in [5.74, 6) is 1.89. The Hall–Kier alpha value is -1.22. The lowest BCUT2D eigenvalue weighted by molar-refractivity contribution is 0.0526. The largest absolute Gasteiger partial charge is 0.489 e. The first-order chi connectivity index (χ1) is 8.27. The van der Waals surface area contributed by atoms with Gasteiger partial charge in [-0.1, -0.05) is 12.1 Å². The lowest BCUT2D eigenvalue weighted by atomic mass is 9.94. The second-order valence-corrected chi connectivity index (χ2v) is 5.14. The molecule has 0 saturated carbocycles. The van der Waals surface area contributed by atoms with Gasteiger partial charge < -0.3 is 14.8 Å². The Morgan fingerprint density at radius 2 is 2.12 bits per heavy atom. The summed E-state index contributed by atoms with van der Waals surface area (Å²) in [4.78, 5) is 0. The predicted molar refractivity (Wildman–Crippen MR) is 66.8 cm³/mol. The van der Waals surface area contributed by atoms with Gasteiger partial charge in [0.25, 0.3) is 0 Å². The van der Waals surface area contributed by atoms with E-state index in [0.717, 1.165) is 50.5 Å². The summed E-state index contributed by atoms with van der Waals surface area (Å²) in [5, 5.41) is 3.37. The van der Waals surface area contributed by atoms with Crippen molar-refractivity contribution in [2.75, 3.05) is 19.7 Å². The minimum absolute atomic E-state index is 0.0493. The number of fused-ring (bicyclic) bond motifs is 1. The molecule has 0 aromatic heterocycles. The maximum absolute atomic E-state index is 6.22. The monoisotopic (exact) mass is 233 g/mol. The highest BCUT2D eigenvalue weighted by Crippen LogP contribution is 2.38. The first-order valence-corrected chi connectivity index (χ1v) is 6.41. The normalized spacial score (nSPS) is 21.7. The Morgan fingerprint density at radius 1 is 1.29 bits per heavy atom. The van der Waals surface area contributed by atoms with E-state index in [0.29, 0.717) is 0 Å². The first kappa shape index (κ1) is 10.9. The Bertz CT molecular complexity index is 411. The van der Waals surface area contributed by atoms with Crippen LogP contribution in [0.15, 0.2) is 18.2 Å². The van der Waals surface area contributed by atoms with Gasteiger partial charge in [-0.3, -0.25) is 0 Å². The first-order valence-electron chi connectivity index (χ1n) is 6.41. The second-order valence-electron chi connectivity index (χ2n) is 5.14. The molecular formula is C14H19NO2. The molecule has 1 aromatic rings. The highest BCUT2D eigenvalue weighted by molar-refractivity contribution is 5.48. The minimum atomic E-state index is -0.0493. The molecule has 2 heterocycles. The zero-order valence-corrected chi connectivity index (χ0v) is 10.3. The van der Waals surface area contributed by atoms with E-state index in [1.54, 1.807) is 0 Å². The van der Waals surface area contributed by atoms with Gasteiger partial charge in [-0.15, -0.1) is 0 Å². The van der Waals surface area contributed by atoms with Crippen molar-refractivity contribution in [1.82, 2.24) is 5.32 Å². The molecule has 1 saturated heterocycles. The van der Waals surface area contributed by atoms with Gasteiger partial charge in [0.05, 0.1) is 6.61 Å². The highest BCUT2D eigenvalue weighted by Gasteiger charge is 2.30. The van der Waals surface area contributed by atoms with Crippen LogP contribution in [0.5, 0.6) is 11.5 Å². The fourth-order valence-electron chi connectivity index (χ4n) is 2.59. The van der Waals surface area contributed by atoms with E-state index in [1.807, 2.05) is 6.07 Å². The average molecular weight is 233 g/mol. The molecule has 0 atom stereocenters. The highest BCUT2D eigenvalue weighted by atomic mass is 16.5. The van der Waals surface area contributed by atoms with Crippen molar-refractivity contribution in [1.29, 1.82) is 0 Å². The third kappa shape index (κ3) is 2.12. The summed E-state index contributed by atoms with van der Waals surface area (Å²) in [6.07, 6.45) is 3.11. The molecule has 17 heavy (non-hydrogen) atoms.